The molecule has 0 aromatic carbocycles. The van der Waals surface area contributed by atoms with Gasteiger partial charge >= 0.3 is 0 Å². The standard InChI is InChI=1S/C12H24N4/c1-6-12(2,15(3)4)11(13)7-10-8-14-16(5)9-10/h8-9,11H,6-7,13H2,1-5H3. The van der Waals surface area contributed by atoms with Crippen molar-refractivity contribution in [2.45, 2.75) is 38.3 Å². The summed E-state index contributed by atoms with van der Waals surface area (Å²) in [5.41, 5.74) is 7.57. The highest BCUT2D eigenvalue weighted by Crippen LogP contribution is 2.22. The van der Waals surface area contributed by atoms with Gasteiger partial charge in [0.2, 0.25) is 0 Å². The van der Waals surface area contributed by atoms with Gasteiger partial charge in [-0.25, -0.2) is 0 Å². The molecule has 4 nitrogen and oxygen atoms in total. The number of hydrogen-bond acceptors (Lipinski definition) is 3. The van der Waals surface area contributed by atoms with Crippen LogP contribution in [-0.4, -0.2) is 40.4 Å². The van der Waals surface area contributed by atoms with E-state index in [1.165, 1.54) is 5.56 Å². The molecule has 0 aliphatic rings. The molecule has 0 radical (unpaired) electrons. The zero-order chi connectivity index (χ0) is 12.3. The van der Waals surface area contributed by atoms with E-state index in [2.05, 4.69) is 37.9 Å². The second-order valence-corrected chi connectivity index (χ2v) is 4.94. The predicted octanol–water partition coefficient (Wildman–Crippen LogP) is 1.02. The van der Waals surface area contributed by atoms with Crippen molar-refractivity contribution in [3.63, 3.8) is 0 Å². The second-order valence-electron chi connectivity index (χ2n) is 4.94. The monoisotopic (exact) mass is 224 g/mol. The summed E-state index contributed by atoms with van der Waals surface area (Å²) < 4.78 is 1.82. The molecule has 0 saturated carbocycles. The Morgan fingerprint density at radius 2 is 2.19 bits per heavy atom. The highest BCUT2D eigenvalue weighted by Gasteiger charge is 2.32. The first-order chi connectivity index (χ1) is 7.40. The predicted molar refractivity (Wildman–Crippen MR) is 67.3 cm³/mol. The Kier molecular flexibility index (Phi) is 4.10. The Morgan fingerprint density at radius 1 is 1.56 bits per heavy atom. The molecule has 4 heteroatoms. The number of aromatic nitrogens is 2. The van der Waals surface area contributed by atoms with E-state index in [-0.39, 0.29) is 11.6 Å². The van der Waals surface area contributed by atoms with Gasteiger partial charge in [-0.3, -0.25) is 4.68 Å². The van der Waals surface area contributed by atoms with Gasteiger partial charge in [0.05, 0.1) is 6.20 Å². The molecular weight excluding hydrogens is 200 g/mol. The summed E-state index contributed by atoms with van der Waals surface area (Å²) in [5, 5.41) is 4.17. The minimum atomic E-state index is 0.0375. The van der Waals surface area contributed by atoms with Gasteiger partial charge in [0, 0.05) is 24.8 Å². The van der Waals surface area contributed by atoms with Crippen LogP contribution in [0.2, 0.25) is 0 Å². The van der Waals surface area contributed by atoms with Crippen LogP contribution in [0.15, 0.2) is 12.4 Å². The molecule has 1 aromatic heterocycles. The van der Waals surface area contributed by atoms with E-state index < -0.39 is 0 Å². The molecule has 0 amide bonds. The Hall–Kier alpha value is -0.870. The van der Waals surface area contributed by atoms with Gasteiger partial charge in [0.25, 0.3) is 0 Å². The van der Waals surface area contributed by atoms with Crippen molar-refractivity contribution in [3.8, 4) is 0 Å². The lowest BCUT2D eigenvalue weighted by Gasteiger charge is -2.40. The number of nitrogens with zero attached hydrogens (tertiary/aromatic N) is 3. The molecule has 0 aliphatic carbocycles. The first-order valence-electron chi connectivity index (χ1n) is 5.80. The summed E-state index contributed by atoms with van der Waals surface area (Å²) in [5.74, 6) is 0. The fourth-order valence-corrected chi connectivity index (χ4v) is 1.96. The number of rotatable bonds is 5. The topological polar surface area (TPSA) is 47.1 Å². The molecule has 1 aromatic rings. The van der Waals surface area contributed by atoms with Crippen LogP contribution in [0.4, 0.5) is 0 Å². The second kappa shape index (κ2) is 4.97. The van der Waals surface area contributed by atoms with Gasteiger partial charge in [-0.05, 0) is 39.4 Å². The van der Waals surface area contributed by atoms with Crippen LogP contribution in [0.5, 0.6) is 0 Å². The van der Waals surface area contributed by atoms with Gasteiger partial charge in [0.1, 0.15) is 0 Å². The van der Waals surface area contributed by atoms with Crippen molar-refractivity contribution >= 4 is 0 Å². The number of aryl methyl sites for hydroxylation is 1. The van der Waals surface area contributed by atoms with Crippen LogP contribution < -0.4 is 5.73 Å². The average molecular weight is 224 g/mol. The zero-order valence-corrected chi connectivity index (χ0v) is 11.1. The average Bonchev–Trinajstić information content (AvgIpc) is 2.62. The van der Waals surface area contributed by atoms with Gasteiger partial charge in [-0.1, -0.05) is 6.92 Å². The number of hydrogen-bond donors (Lipinski definition) is 1. The van der Waals surface area contributed by atoms with Crippen LogP contribution in [-0.2, 0) is 13.5 Å². The largest absolute Gasteiger partial charge is 0.326 e. The van der Waals surface area contributed by atoms with Crippen LogP contribution in [0.25, 0.3) is 0 Å². The smallest absolute Gasteiger partial charge is 0.0522 e. The first-order valence-corrected chi connectivity index (χ1v) is 5.80. The van der Waals surface area contributed by atoms with Gasteiger partial charge in [-0.2, -0.15) is 5.10 Å². The van der Waals surface area contributed by atoms with E-state index in [0.717, 1.165) is 12.8 Å². The normalized spacial score (nSPS) is 17.4. The van der Waals surface area contributed by atoms with Crippen molar-refractivity contribution in [1.82, 2.24) is 14.7 Å². The maximum absolute atomic E-state index is 6.33. The molecule has 0 bridgehead atoms. The first kappa shape index (κ1) is 13.2. The summed E-state index contributed by atoms with van der Waals surface area (Å²) in [6.07, 6.45) is 5.84. The highest BCUT2D eigenvalue weighted by atomic mass is 15.2. The summed E-state index contributed by atoms with van der Waals surface area (Å²) >= 11 is 0. The van der Waals surface area contributed by atoms with E-state index >= 15 is 0 Å². The zero-order valence-electron chi connectivity index (χ0n) is 11.1. The Labute approximate surface area is 98.4 Å². The lowest BCUT2D eigenvalue weighted by molar-refractivity contribution is 0.131. The molecule has 0 fully saturated rings. The lowest BCUT2D eigenvalue weighted by atomic mass is 9.85. The molecule has 92 valence electrons. The fraction of sp³-hybridized carbons (Fsp3) is 0.750. The van der Waals surface area contributed by atoms with Crippen LogP contribution in [0.3, 0.4) is 0 Å². The summed E-state index contributed by atoms with van der Waals surface area (Å²) in [6.45, 7) is 4.40. The SMILES string of the molecule is CCC(C)(C(N)Cc1cnn(C)c1)N(C)C. The molecule has 0 aliphatic heterocycles. The quantitative estimate of drug-likeness (QED) is 0.812. The van der Waals surface area contributed by atoms with Gasteiger partial charge < -0.3 is 10.6 Å². The van der Waals surface area contributed by atoms with Crippen LogP contribution >= 0.6 is 0 Å². The van der Waals surface area contributed by atoms with E-state index in [1.807, 2.05) is 24.1 Å². The third-order valence-corrected chi connectivity index (χ3v) is 3.75. The highest BCUT2D eigenvalue weighted by molar-refractivity contribution is 5.09. The van der Waals surface area contributed by atoms with Crippen molar-refractivity contribution in [2.24, 2.45) is 12.8 Å². The lowest BCUT2D eigenvalue weighted by Crippen LogP contribution is -2.55. The maximum atomic E-state index is 6.33. The molecule has 2 unspecified atom stereocenters. The third-order valence-electron chi connectivity index (χ3n) is 3.75. The molecule has 2 N–H and O–H groups in total. The Balaban J connectivity index is 2.73. The van der Waals surface area contributed by atoms with Crippen molar-refractivity contribution < 1.29 is 0 Å². The fourth-order valence-electron chi connectivity index (χ4n) is 1.96. The van der Waals surface area contributed by atoms with Gasteiger partial charge in [0.15, 0.2) is 0 Å². The molecular formula is C12H24N4. The maximum Gasteiger partial charge on any atom is 0.0522 e. The van der Waals surface area contributed by atoms with Crippen LogP contribution in [0.1, 0.15) is 25.8 Å². The van der Waals surface area contributed by atoms with E-state index in [0.29, 0.717) is 0 Å². The number of nitrogens with two attached hydrogens (primary N) is 1. The third kappa shape index (κ3) is 2.62. The summed E-state index contributed by atoms with van der Waals surface area (Å²) in [6, 6.07) is 0.122. The van der Waals surface area contributed by atoms with Gasteiger partial charge in [-0.15, -0.1) is 0 Å². The number of likely N-dealkylation sites (N-methyl/N-ethyl adjacent to an activating group) is 1. The molecule has 0 spiro atoms. The van der Waals surface area contributed by atoms with Crippen LogP contribution in [0, 0.1) is 0 Å². The minimum Gasteiger partial charge on any atom is -0.326 e. The molecule has 0 saturated heterocycles. The molecule has 1 heterocycles. The molecule has 2 atom stereocenters. The Morgan fingerprint density at radius 3 is 2.56 bits per heavy atom. The summed E-state index contributed by atoms with van der Waals surface area (Å²) in [7, 11) is 6.11. The van der Waals surface area contributed by atoms with E-state index in [4.69, 9.17) is 5.73 Å². The Bertz CT molecular complexity index is 332. The molecule has 16 heavy (non-hydrogen) atoms. The minimum absolute atomic E-state index is 0.0375. The molecule has 1 rings (SSSR count). The van der Waals surface area contributed by atoms with Crippen molar-refractivity contribution in [1.29, 1.82) is 0 Å². The summed E-state index contributed by atoms with van der Waals surface area (Å²) in [4.78, 5) is 2.22. The van der Waals surface area contributed by atoms with Crippen molar-refractivity contribution in [2.75, 3.05) is 14.1 Å². The van der Waals surface area contributed by atoms with Crippen molar-refractivity contribution in [3.05, 3.63) is 18.0 Å². The van der Waals surface area contributed by atoms with E-state index in [1.54, 1.807) is 0 Å². The van der Waals surface area contributed by atoms with E-state index in [9.17, 15) is 0 Å².